The lowest BCUT2D eigenvalue weighted by Gasteiger charge is -2.57. The fraction of sp³-hybridized carbons (Fsp3) is 0.810. The molecule has 0 amide bonds. The molecule has 6 atom stereocenters. The minimum Gasteiger partial charge on any atom is -0.469 e. The number of methoxy groups -OCH3 is 1. The van der Waals surface area contributed by atoms with Gasteiger partial charge < -0.3 is 4.74 Å². The Morgan fingerprint density at radius 2 is 1.88 bits per heavy atom. The predicted molar refractivity (Wildman–Crippen MR) is 92.2 cm³/mol. The second kappa shape index (κ2) is 5.44. The Balaban J connectivity index is 1.65. The van der Waals surface area contributed by atoms with Gasteiger partial charge in [-0.25, -0.2) is 0 Å². The Bertz CT molecular complexity index is 606. The average molecular weight is 330 g/mol. The molecule has 4 rings (SSSR count). The van der Waals surface area contributed by atoms with Gasteiger partial charge in [0.05, 0.1) is 13.0 Å². The molecule has 4 aliphatic carbocycles. The molecular formula is C21H30O3. The zero-order chi connectivity index (χ0) is 17.1. The van der Waals surface area contributed by atoms with Gasteiger partial charge in [-0.05, 0) is 79.6 Å². The second-order valence-electron chi connectivity index (χ2n) is 9.17. The van der Waals surface area contributed by atoms with Gasteiger partial charge in [0.25, 0.3) is 0 Å². The molecule has 132 valence electrons. The lowest BCUT2D eigenvalue weighted by atomic mass is 9.47. The number of fused-ring (bicyclic) bond motifs is 5. The third-order valence-electron chi connectivity index (χ3n) is 8.45. The highest BCUT2D eigenvalue weighted by Gasteiger charge is 2.60. The molecular weight excluding hydrogens is 300 g/mol. The van der Waals surface area contributed by atoms with Crippen molar-refractivity contribution in [2.75, 3.05) is 7.11 Å². The Labute approximate surface area is 145 Å². The molecule has 0 spiro atoms. The second-order valence-corrected chi connectivity index (χ2v) is 9.17. The third kappa shape index (κ3) is 2.09. The normalized spacial score (nSPS) is 47.3. The van der Waals surface area contributed by atoms with E-state index in [1.165, 1.54) is 31.9 Å². The van der Waals surface area contributed by atoms with Gasteiger partial charge in [0.2, 0.25) is 0 Å². The number of hydrogen-bond acceptors (Lipinski definition) is 3. The summed E-state index contributed by atoms with van der Waals surface area (Å²) in [7, 11) is 1.53. The van der Waals surface area contributed by atoms with Crippen LogP contribution in [0.1, 0.15) is 65.2 Å². The van der Waals surface area contributed by atoms with Crippen molar-refractivity contribution in [1.29, 1.82) is 0 Å². The number of allylic oxidation sites excluding steroid dienone is 1. The van der Waals surface area contributed by atoms with E-state index in [0.29, 0.717) is 23.5 Å². The Hall–Kier alpha value is -1.12. The molecule has 3 fully saturated rings. The maximum absolute atomic E-state index is 12.3. The van der Waals surface area contributed by atoms with E-state index < -0.39 is 0 Å². The molecule has 0 aromatic heterocycles. The van der Waals surface area contributed by atoms with Crippen molar-refractivity contribution in [3.8, 4) is 0 Å². The first kappa shape index (κ1) is 16.4. The molecule has 0 radical (unpaired) electrons. The van der Waals surface area contributed by atoms with E-state index in [1.54, 1.807) is 0 Å². The molecule has 3 saturated carbocycles. The zero-order valence-corrected chi connectivity index (χ0v) is 15.3. The summed E-state index contributed by atoms with van der Waals surface area (Å²) in [6, 6.07) is 0. The summed E-state index contributed by atoms with van der Waals surface area (Å²) in [4.78, 5) is 24.2. The monoisotopic (exact) mass is 330 g/mol. The number of ketones is 1. The minimum absolute atomic E-state index is 0.00400. The van der Waals surface area contributed by atoms with E-state index in [-0.39, 0.29) is 22.7 Å². The minimum atomic E-state index is 0.00400. The number of ether oxygens (including phenoxy) is 1. The molecule has 4 aliphatic rings. The molecule has 0 N–H and O–H groups in total. The highest BCUT2D eigenvalue weighted by molar-refractivity contribution is 5.91. The molecule has 24 heavy (non-hydrogen) atoms. The molecule has 0 bridgehead atoms. The lowest BCUT2D eigenvalue weighted by Crippen LogP contribution is -2.51. The van der Waals surface area contributed by atoms with E-state index in [9.17, 15) is 9.59 Å². The lowest BCUT2D eigenvalue weighted by molar-refractivity contribution is -0.152. The van der Waals surface area contributed by atoms with Crippen LogP contribution in [0.15, 0.2) is 11.6 Å². The van der Waals surface area contributed by atoms with Crippen molar-refractivity contribution in [1.82, 2.24) is 0 Å². The van der Waals surface area contributed by atoms with E-state index in [0.717, 1.165) is 32.1 Å². The molecule has 0 saturated heterocycles. The number of rotatable bonds is 1. The highest BCUT2D eigenvalue weighted by atomic mass is 16.5. The Kier molecular flexibility index (Phi) is 3.71. The summed E-state index contributed by atoms with van der Waals surface area (Å²) in [5.41, 5.74) is 1.77. The first-order valence-electron chi connectivity index (χ1n) is 9.72. The summed E-state index contributed by atoms with van der Waals surface area (Å²) in [6.07, 6.45) is 10.5. The van der Waals surface area contributed by atoms with Crippen molar-refractivity contribution in [2.45, 2.75) is 65.2 Å². The van der Waals surface area contributed by atoms with E-state index in [2.05, 4.69) is 13.8 Å². The van der Waals surface area contributed by atoms with Gasteiger partial charge in [-0.3, -0.25) is 9.59 Å². The standard InChI is InChI=1S/C21H30O3/c1-20-10-8-14(22)12-13(20)4-5-15-16-6-7-18(19(23)24-3)21(16,2)11-9-17(15)20/h12,15-18H,4-11H2,1-3H3/t15-,16-,17-,18+,20-,21+/m1/s1. The summed E-state index contributed by atoms with van der Waals surface area (Å²) < 4.78 is 5.12. The molecule has 0 aromatic carbocycles. The molecule has 3 heteroatoms. The summed E-state index contributed by atoms with van der Waals surface area (Å²) in [5.74, 6) is 2.48. The SMILES string of the molecule is COC(=O)[C@@H]1CC[C@@H]2[C@H]3CCC4=CC(=O)CC[C@@]4(C)[C@@H]3CC[C@@]21C. The summed E-state index contributed by atoms with van der Waals surface area (Å²) in [6.45, 7) is 4.76. The van der Waals surface area contributed by atoms with E-state index in [1.807, 2.05) is 6.08 Å². The number of carbonyl (C=O) groups excluding carboxylic acids is 2. The van der Waals surface area contributed by atoms with E-state index in [4.69, 9.17) is 4.74 Å². The molecule has 0 heterocycles. The van der Waals surface area contributed by atoms with Gasteiger partial charge in [0.15, 0.2) is 5.78 Å². The van der Waals surface area contributed by atoms with Crippen LogP contribution in [0.4, 0.5) is 0 Å². The predicted octanol–water partition coefficient (Wildman–Crippen LogP) is 4.31. The Morgan fingerprint density at radius 3 is 2.62 bits per heavy atom. The topological polar surface area (TPSA) is 43.4 Å². The maximum atomic E-state index is 12.3. The summed E-state index contributed by atoms with van der Waals surface area (Å²) in [5, 5.41) is 0. The highest BCUT2D eigenvalue weighted by Crippen LogP contribution is 2.66. The molecule has 0 aromatic rings. The van der Waals surface area contributed by atoms with Gasteiger partial charge in [0.1, 0.15) is 0 Å². The Morgan fingerprint density at radius 1 is 1.08 bits per heavy atom. The van der Waals surface area contributed by atoms with Crippen molar-refractivity contribution in [3.05, 3.63) is 11.6 Å². The maximum Gasteiger partial charge on any atom is 0.309 e. The van der Waals surface area contributed by atoms with Gasteiger partial charge in [0, 0.05) is 6.42 Å². The van der Waals surface area contributed by atoms with Crippen molar-refractivity contribution in [3.63, 3.8) is 0 Å². The van der Waals surface area contributed by atoms with Crippen LogP contribution in [-0.2, 0) is 14.3 Å². The summed E-state index contributed by atoms with van der Waals surface area (Å²) >= 11 is 0. The van der Waals surface area contributed by atoms with Gasteiger partial charge >= 0.3 is 5.97 Å². The van der Waals surface area contributed by atoms with E-state index >= 15 is 0 Å². The number of hydrogen-bond donors (Lipinski definition) is 0. The van der Waals surface area contributed by atoms with Crippen LogP contribution in [0, 0.1) is 34.5 Å². The fourth-order valence-electron chi connectivity index (χ4n) is 7.09. The van der Waals surface area contributed by atoms with Gasteiger partial charge in [-0.15, -0.1) is 0 Å². The van der Waals surface area contributed by atoms with Crippen LogP contribution in [-0.4, -0.2) is 18.9 Å². The van der Waals surface area contributed by atoms with Crippen LogP contribution in [0.2, 0.25) is 0 Å². The molecule has 0 aliphatic heterocycles. The van der Waals surface area contributed by atoms with Crippen LogP contribution in [0.5, 0.6) is 0 Å². The number of esters is 1. The smallest absolute Gasteiger partial charge is 0.309 e. The first-order chi connectivity index (χ1) is 11.4. The van der Waals surface area contributed by atoms with Crippen molar-refractivity contribution < 1.29 is 14.3 Å². The van der Waals surface area contributed by atoms with Crippen molar-refractivity contribution in [2.24, 2.45) is 34.5 Å². The fourth-order valence-corrected chi connectivity index (χ4v) is 7.09. The van der Waals surface area contributed by atoms with Crippen LogP contribution in [0.3, 0.4) is 0 Å². The average Bonchev–Trinajstić information content (AvgIpc) is 2.92. The van der Waals surface area contributed by atoms with Crippen LogP contribution >= 0.6 is 0 Å². The largest absolute Gasteiger partial charge is 0.469 e. The molecule has 3 nitrogen and oxygen atoms in total. The quantitative estimate of drug-likeness (QED) is 0.673. The zero-order valence-electron chi connectivity index (χ0n) is 15.3. The van der Waals surface area contributed by atoms with Gasteiger partial charge in [-0.1, -0.05) is 19.4 Å². The van der Waals surface area contributed by atoms with Crippen LogP contribution in [0.25, 0.3) is 0 Å². The van der Waals surface area contributed by atoms with Crippen molar-refractivity contribution >= 4 is 11.8 Å². The number of carbonyl (C=O) groups is 2. The first-order valence-corrected chi connectivity index (χ1v) is 9.72. The van der Waals surface area contributed by atoms with Gasteiger partial charge in [-0.2, -0.15) is 0 Å². The van der Waals surface area contributed by atoms with Crippen LogP contribution < -0.4 is 0 Å². The molecule has 0 unspecified atom stereocenters. The third-order valence-corrected chi connectivity index (χ3v) is 8.45.